The van der Waals surface area contributed by atoms with Crippen molar-refractivity contribution in [3.8, 4) is 0 Å². The topological polar surface area (TPSA) is 0 Å². The lowest BCUT2D eigenvalue weighted by Gasteiger charge is -1.98. The summed E-state index contributed by atoms with van der Waals surface area (Å²) in [6, 6.07) is 0. The molecule has 1 fully saturated rings. The van der Waals surface area contributed by atoms with Crippen molar-refractivity contribution in [1.29, 1.82) is 0 Å². The molecule has 0 amide bonds. The van der Waals surface area contributed by atoms with E-state index in [-0.39, 0.29) is 5.31 Å². The van der Waals surface area contributed by atoms with Crippen molar-refractivity contribution in [3.63, 3.8) is 0 Å². The summed E-state index contributed by atoms with van der Waals surface area (Å²) < 4.78 is 0. The van der Waals surface area contributed by atoms with Gasteiger partial charge in [0.2, 0.25) is 0 Å². The molecule has 0 aromatic carbocycles. The van der Waals surface area contributed by atoms with Crippen LogP contribution in [0.4, 0.5) is 0 Å². The van der Waals surface area contributed by atoms with Gasteiger partial charge in [-0.1, -0.05) is 38.4 Å². The van der Waals surface area contributed by atoms with Crippen LogP contribution in [-0.4, -0.2) is 7.85 Å². The van der Waals surface area contributed by atoms with Gasteiger partial charge in [0.05, 0.1) is 7.85 Å². The van der Waals surface area contributed by atoms with Crippen molar-refractivity contribution in [2.24, 2.45) is 5.92 Å². The first-order valence-corrected chi connectivity index (χ1v) is 3.45. The van der Waals surface area contributed by atoms with Crippen LogP contribution in [0.15, 0.2) is 0 Å². The molecule has 8 heavy (non-hydrogen) atoms. The highest BCUT2D eigenvalue weighted by atomic mass is 14.4. The summed E-state index contributed by atoms with van der Waals surface area (Å²) in [6.45, 7) is 4.36. The fourth-order valence-corrected chi connectivity index (χ4v) is 1.25. The van der Waals surface area contributed by atoms with E-state index in [1.54, 1.807) is 0 Å². The molecule has 0 N–H and O–H groups in total. The molecule has 0 spiro atoms. The van der Waals surface area contributed by atoms with Gasteiger partial charge in [0.1, 0.15) is 0 Å². The number of hydrogen-bond donors (Lipinski definition) is 0. The Bertz CT molecular complexity index is 86.4. The maximum atomic E-state index is 5.80. The molecule has 44 valence electrons. The van der Waals surface area contributed by atoms with Gasteiger partial charge in [0.15, 0.2) is 0 Å². The van der Waals surface area contributed by atoms with E-state index in [0.29, 0.717) is 0 Å². The Labute approximate surface area is 53.1 Å². The van der Waals surface area contributed by atoms with Crippen molar-refractivity contribution in [3.05, 3.63) is 0 Å². The Balaban J connectivity index is 2.17. The zero-order valence-corrected chi connectivity index (χ0v) is 5.78. The van der Waals surface area contributed by atoms with Crippen LogP contribution in [0.25, 0.3) is 0 Å². The van der Waals surface area contributed by atoms with E-state index in [1.165, 1.54) is 19.3 Å². The summed E-state index contributed by atoms with van der Waals surface area (Å²) in [5.74, 6) is 0.840. The maximum Gasteiger partial charge on any atom is 0.0746 e. The number of rotatable bonds is 2. The molecule has 0 nitrogen and oxygen atoms in total. The van der Waals surface area contributed by atoms with Gasteiger partial charge in [-0.05, 0) is 5.92 Å². The SMILES string of the molecule is [B]C1(C)CC1CCC. The third kappa shape index (κ3) is 1.07. The minimum atomic E-state index is 0.218. The minimum absolute atomic E-state index is 0.218. The average Bonchev–Trinajstić information content (AvgIpc) is 2.15. The normalized spacial score (nSPS) is 44.5. The molecule has 0 saturated heterocycles. The summed E-state index contributed by atoms with van der Waals surface area (Å²) in [5.41, 5.74) is 0. The molecule has 1 rings (SSSR count). The first-order chi connectivity index (χ1) is 3.67. The zero-order valence-electron chi connectivity index (χ0n) is 5.78. The van der Waals surface area contributed by atoms with Crippen LogP contribution in [0, 0.1) is 5.92 Å². The fourth-order valence-electron chi connectivity index (χ4n) is 1.25. The Morgan fingerprint density at radius 2 is 2.25 bits per heavy atom. The quantitative estimate of drug-likeness (QED) is 0.475. The Morgan fingerprint density at radius 3 is 2.38 bits per heavy atom. The van der Waals surface area contributed by atoms with E-state index in [4.69, 9.17) is 7.85 Å². The predicted molar refractivity (Wildman–Crippen MR) is 37.1 cm³/mol. The fraction of sp³-hybridized carbons (Fsp3) is 1.00. The summed E-state index contributed by atoms with van der Waals surface area (Å²) >= 11 is 0. The zero-order chi connectivity index (χ0) is 6.20. The van der Waals surface area contributed by atoms with Gasteiger partial charge in [-0.15, -0.1) is 0 Å². The third-order valence-corrected chi connectivity index (χ3v) is 2.10. The highest BCUT2D eigenvalue weighted by molar-refractivity contribution is 6.17. The van der Waals surface area contributed by atoms with Crippen molar-refractivity contribution >= 4 is 7.85 Å². The molecular formula is C7H13B. The van der Waals surface area contributed by atoms with E-state index in [1.807, 2.05) is 0 Å². The van der Waals surface area contributed by atoms with Crippen LogP contribution in [0.2, 0.25) is 5.31 Å². The van der Waals surface area contributed by atoms with Crippen LogP contribution >= 0.6 is 0 Å². The predicted octanol–water partition coefficient (Wildman–Crippen LogP) is 2.15. The second-order valence-corrected chi connectivity index (χ2v) is 3.20. The molecule has 1 saturated carbocycles. The summed E-state index contributed by atoms with van der Waals surface area (Å²) in [4.78, 5) is 0. The molecule has 0 aromatic rings. The lowest BCUT2D eigenvalue weighted by Crippen LogP contribution is -1.86. The molecule has 0 bridgehead atoms. The lowest BCUT2D eigenvalue weighted by atomic mass is 9.82. The van der Waals surface area contributed by atoms with E-state index in [0.717, 1.165) is 5.92 Å². The van der Waals surface area contributed by atoms with Crippen LogP contribution in [0.5, 0.6) is 0 Å². The molecule has 1 aliphatic rings. The van der Waals surface area contributed by atoms with Gasteiger partial charge in [-0.25, -0.2) is 0 Å². The lowest BCUT2D eigenvalue weighted by molar-refractivity contribution is 0.668. The number of hydrogen-bond acceptors (Lipinski definition) is 0. The van der Waals surface area contributed by atoms with Crippen molar-refractivity contribution in [2.45, 2.75) is 38.4 Å². The first-order valence-electron chi connectivity index (χ1n) is 3.45. The van der Waals surface area contributed by atoms with Crippen LogP contribution in [0.3, 0.4) is 0 Å². The van der Waals surface area contributed by atoms with Gasteiger partial charge in [-0.3, -0.25) is 0 Å². The molecule has 2 atom stereocenters. The molecular weight excluding hydrogens is 94.9 g/mol. The van der Waals surface area contributed by atoms with Gasteiger partial charge in [0, 0.05) is 0 Å². The summed E-state index contributed by atoms with van der Waals surface area (Å²) in [7, 11) is 5.80. The van der Waals surface area contributed by atoms with Crippen molar-refractivity contribution in [1.82, 2.24) is 0 Å². The molecule has 1 aliphatic carbocycles. The highest BCUT2D eigenvalue weighted by Crippen LogP contribution is 2.58. The molecule has 2 radical (unpaired) electrons. The maximum absolute atomic E-state index is 5.80. The largest absolute Gasteiger partial charge is 0.0746 e. The summed E-state index contributed by atoms with van der Waals surface area (Å²) in [5, 5.41) is 0.218. The average molecular weight is 108 g/mol. The highest BCUT2D eigenvalue weighted by Gasteiger charge is 2.43. The Morgan fingerprint density at radius 1 is 1.75 bits per heavy atom. The molecule has 2 unspecified atom stereocenters. The standard InChI is InChI=1S/C7H13B/c1-3-4-6-5-7(6,2)8/h6H,3-5H2,1-2H3. The smallest absolute Gasteiger partial charge is 0.0674 e. The van der Waals surface area contributed by atoms with Crippen LogP contribution < -0.4 is 0 Å². The van der Waals surface area contributed by atoms with Gasteiger partial charge >= 0.3 is 0 Å². The Kier molecular flexibility index (Phi) is 1.38. The first kappa shape index (κ1) is 6.19. The summed E-state index contributed by atoms with van der Waals surface area (Å²) in [6.07, 6.45) is 3.87. The second kappa shape index (κ2) is 1.79. The van der Waals surface area contributed by atoms with E-state index in [9.17, 15) is 0 Å². The van der Waals surface area contributed by atoms with Crippen molar-refractivity contribution < 1.29 is 0 Å². The van der Waals surface area contributed by atoms with Crippen LogP contribution in [-0.2, 0) is 0 Å². The monoisotopic (exact) mass is 108 g/mol. The van der Waals surface area contributed by atoms with E-state index >= 15 is 0 Å². The third-order valence-electron chi connectivity index (χ3n) is 2.10. The molecule has 0 aromatic heterocycles. The molecule has 0 aliphatic heterocycles. The van der Waals surface area contributed by atoms with Gasteiger partial charge in [0.25, 0.3) is 0 Å². The molecule has 1 heteroatoms. The Hall–Kier alpha value is 0.0649. The van der Waals surface area contributed by atoms with E-state index in [2.05, 4.69) is 13.8 Å². The second-order valence-electron chi connectivity index (χ2n) is 3.20. The van der Waals surface area contributed by atoms with Crippen LogP contribution in [0.1, 0.15) is 33.1 Å². The molecule has 0 heterocycles. The van der Waals surface area contributed by atoms with Crippen molar-refractivity contribution in [2.75, 3.05) is 0 Å². The van der Waals surface area contributed by atoms with Gasteiger partial charge < -0.3 is 0 Å². The van der Waals surface area contributed by atoms with E-state index < -0.39 is 0 Å². The minimum Gasteiger partial charge on any atom is -0.0674 e. The van der Waals surface area contributed by atoms with Gasteiger partial charge in [-0.2, -0.15) is 0 Å².